The molecule has 7 heteroatoms. The van der Waals surface area contributed by atoms with Crippen LogP contribution in [0.2, 0.25) is 0 Å². The van der Waals surface area contributed by atoms with Crippen LogP contribution in [0.25, 0.3) is 10.4 Å². The summed E-state index contributed by atoms with van der Waals surface area (Å²) >= 11 is 1.74. The van der Waals surface area contributed by atoms with Crippen LogP contribution in [0.3, 0.4) is 0 Å². The van der Waals surface area contributed by atoms with Crippen molar-refractivity contribution in [1.82, 2.24) is 14.9 Å². The number of benzene rings is 1. The number of nitrogens with two attached hydrogens (primary N) is 1. The van der Waals surface area contributed by atoms with Gasteiger partial charge in [0.05, 0.1) is 9.88 Å². The summed E-state index contributed by atoms with van der Waals surface area (Å²) in [5, 5.41) is 1.21. The van der Waals surface area contributed by atoms with Gasteiger partial charge in [0, 0.05) is 36.5 Å². The Morgan fingerprint density at radius 2 is 1.97 bits per heavy atom. The zero-order valence-electron chi connectivity index (χ0n) is 20.3. The molecule has 0 atom stereocenters. The number of hydrogen-bond donors (Lipinski definition) is 1. The van der Waals surface area contributed by atoms with Crippen molar-refractivity contribution in [3.8, 4) is 28.0 Å². The lowest BCUT2D eigenvalue weighted by molar-refractivity contribution is 0.0742. The summed E-state index contributed by atoms with van der Waals surface area (Å²) in [6, 6.07) is 9.94. The van der Waals surface area contributed by atoms with Crippen LogP contribution < -0.4 is 10.5 Å². The summed E-state index contributed by atoms with van der Waals surface area (Å²) in [6.07, 6.45) is 6.05. The molecule has 0 spiro atoms. The standard InChI is InChI=1S/C27H32N4O2S/c1-27(2,32-4)11-8-19-6-5-7-20(14-19)18-33-23-15-22(16-29-25(23)28)24-17-30-26(34-24)21-9-12-31(3)13-10-21/h5-7,14-17,21H,9-10,12-13,18H2,1-4H3,(H2,28,29). The molecule has 3 heterocycles. The first-order chi connectivity index (χ1) is 16.3. The first-order valence-corrected chi connectivity index (χ1v) is 12.3. The number of aromatic nitrogens is 2. The van der Waals surface area contributed by atoms with Crippen LogP contribution in [-0.2, 0) is 11.3 Å². The Morgan fingerprint density at radius 3 is 2.74 bits per heavy atom. The fourth-order valence-electron chi connectivity index (χ4n) is 3.74. The molecule has 0 aliphatic carbocycles. The molecule has 0 radical (unpaired) electrons. The van der Waals surface area contributed by atoms with Gasteiger partial charge in [0.2, 0.25) is 0 Å². The van der Waals surface area contributed by atoms with E-state index in [-0.39, 0.29) is 0 Å². The monoisotopic (exact) mass is 476 g/mol. The first-order valence-electron chi connectivity index (χ1n) is 11.5. The zero-order valence-corrected chi connectivity index (χ0v) is 21.1. The van der Waals surface area contributed by atoms with Crippen LogP contribution in [0.15, 0.2) is 42.7 Å². The van der Waals surface area contributed by atoms with Gasteiger partial charge in [-0.3, -0.25) is 0 Å². The maximum Gasteiger partial charge on any atom is 0.166 e. The molecule has 1 saturated heterocycles. The van der Waals surface area contributed by atoms with E-state index in [0.717, 1.165) is 47.5 Å². The fraction of sp³-hybridized carbons (Fsp3) is 0.407. The van der Waals surface area contributed by atoms with Crippen molar-refractivity contribution < 1.29 is 9.47 Å². The summed E-state index contributed by atoms with van der Waals surface area (Å²) in [5.74, 6) is 7.80. The number of rotatable bonds is 6. The molecule has 4 rings (SSSR count). The van der Waals surface area contributed by atoms with Crippen molar-refractivity contribution in [3.05, 3.63) is 58.9 Å². The second-order valence-corrected chi connectivity index (χ2v) is 10.3. The highest BCUT2D eigenvalue weighted by Crippen LogP contribution is 2.36. The number of nitrogens with zero attached hydrogens (tertiary/aromatic N) is 3. The molecular weight excluding hydrogens is 444 g/mol. The second-order valence-electron chi connectivity index (χ2n) is 9.20. The van der Waals surface area contributed by atoms with Gasteiger partial charge in [0.15, 0.2) is 11.6 Å². The molecule has 0 bridgehead atoms. The van der Waals surface area contributed by atoms with Crippen molar-refractivity contribution >= 4 is 17.2 Å². The van der Waals surface area contributed by atoms with Gasteiger partial charge in [-0.25, -0.2) is 9.97 Å². The molecule has 34 heavy (non-hydrogen) atoms. The Balaban J connectivity index is 1.45. The summed E-state index contributed by atoms with van der Waals surface area (Å²) in [7, 11) is 3.84. The van der Waals surface area contributed by atoms with E-state index >= 15 is 0 Å². The third-order valence-electron chi connectivity index (χ3n) is 6.10. The van der Waals surface area contributed by atoms with Crippen LogP contribution in [0.5, 0.6) is 5.75 Å². The van der Waals surface area contributed by atoms with Gasteiger partial charge in [0.1, 0.15) is 12.2 Å². The van der Waals surface area contributed by atoms with Crippen molar-refractivity contribution in [3.63, 3.8) is 0 Å². The van der Waals surface area contributed by atoms with Gasteiger partial charge >= 0.3 is 0 Å². The summed E-state index contributed by atoms with van der Waals surface area (Å²) in [6.45, 7) is 6.50. The molecule has 1 aromatic carbocycles. The van der Waals surface area contributed by atoms with Gasteiger partial charge in [-0.1, -0.05) is 24.0 Å². The average molecular weight is 477 g/mol. The molecular formula is C27H32N4O2S. The van der Waals surface area contributed by atoms with Gasteiger partial charge in [-0.2, -0.15) is 0 Å². The molecule has 6 nitrogen and oxygen atoms in total. The van der Waals surface area contributed by atoms with Gasteiger partial charge in [-0.15, -0.1) is 11.3 Å². The molecule has 2 aromatic heterocycles. The normalized spacial score (nSPS) is 15.1. The predicted molar refractivity (Wildman–Crippen MR) is 138 cm³/mol. The highest BCUT2D eigenvalue weighted by atomic mass is 32.1. The molecule has 0 unspecified atom stereocenters. The van der Waals surface area contributed by atoms with Crippen molar-refractivity contribution in [2.45, 2.75) is 44.8 Å². The number of pyridine rings is 1. The molecule has 1 fully saturated rings. The summed E-state index contributed by atoms with van der Waals surface area (Å²) in [5.41, 5.74) is 8.53. The highest BCUT2D eigenvalue weighted by Gasteiger charge is 2.21. The summed E-state index contributed by atoms with van der Waals surface area (Å²) in [4.78, 5) is 12.6. The van der Waals surface area contributed by atoms with Crippen LogP contribution in [0.4, 0.5) is 5.82 Å². The van der Waals surface area contributed by atoms with E-state index in [1.807, 2.05) is 50.4 Å². The number of nitrogen functional groups attached to an aromatic ring is 1. The molecule has 0 amide bonds. The minimum atomic E-state index is -0.489. The summed E-state index contributed by atoms with van der Waals surface area (Å²) < 4.78 is 11.4. The quantitative estimate of drug-likeness (QED) is 0.508. The Hall–Kier alpha value is -2.92. The van der Waals surface area contributed by atoms with E-state index in [4.69, 9.17) is 20.2 Å². The zero-order chi connectivity index (χ0) is 24.1. The molecule has 1 aliphatic heterocycles. The molecule has 2 N–H and O–H groups in total. The highest BCUT2D eigenvalue weighted by molar-refractivity contribution is 7.15. The van der Waals surface area contributed by atoms with E-state index in [9.17, 15) is 0 Å². The fourth-order valence-corrected chi connectivity index (χ4v) is 4.81. The van der Waals surface area contributed by atoms with E-state index in [1.54, 1.807) is 24.6 Å². The smallest absolute Gasteiger partial charge is 0.166 e. The van der Waals surface area contributed by atoms with E-state index in [2.05, 4.69) is 28.8 Å². The maximum absolute atomic E-state index is 6.12. The largest absolute Gasteiger partial charge is 0.485 e. The number of piperidine rings is 1. The van der Waals surface area contributed by atoms with Crippen LogP contribution in [-0.4, -0.2) is 47.7 Å². The molecule has 1 aliphatic rings. The lowest BCUT2D eigenvalue weighted by Gasteiger charge is -2.27. The molecule has 3 aromatic rings. The van der Waals surface area contributed by atoms with E-state index in [1.165, 1.54) is 5.01 Å². The molecule has 178 valence electrons. The van der Waals surface area contributed by atoms with Crippen molar-refractivity contribution in [2.24, 2.45) is 0 Å². The van der Waals surface area contributed by atoms with Crippen LogP contribution in [0.1, 0.15) is 48.7 Å². The Morgan fingerprint density at radius 1 is 1.18 bits per heavy atom. The lowest BCUT2D eigenvalue weighted by atomic mass is 9.98. The second kappa shape index (κ2) is 10.6. The number of hydrogen-bond acceptors (Lipinski definition) is 7. The number of ether oxygens (including phenoxy) is 2. The van der Waals surface area contributed by atoms with Gasteiger partial charge < -0.3 is 20.1 Å². The Bertz CT molecular complexity index is 1190. The van der Waals surface area contributed by atoms with Crippen LogP contribution >= 0.6 is 11.3 Å². The lowest BCUT2D eigenvalue weighted by Crippen LogP contribution is -2.29. The van der Waals surface area contributed by atoms with E-state index < -0.39 is 5.60 Å². The van der Waals surface area contributed by atoms with Crippen molar-refractivity contribution in [1.29, 1.82) is 0 Å². The first kappa shape index (κ1) is 24.2. The predicted octanol–water partition coefficient (Wildman–Crippen LogP) is 4.95. The van der Waals surface area contributed by atoms with Crippen molar-refractivity contribution in [2.75, 3.05) is 33.0 Å². The number of anilines is 1. The Kier molecular flexibility index (Phi) is 7.52. The van der Waals surface area contributed by atoms with Gasteiger partial charge in [0.25, 0.3) is 0 Å². The van der Waals surface area contributed by atoms with Crippen LogP contribution in [0, 0.1) is 11.8 Å². The molecule has 0 saturated carbocycles. The maximum atomic E-state index is 6.12. The van der Waals surface area contributed by atoms with E-state index in [0.29, 0.717) is 24.1 Å². The minimum Gasteiger partial charge on any atom is -0.485 e. The SMILES string of the molecule is COC(C)(C)C#Cc1cccc(COc2cc(-c3cnc(C4CCN(C)CC4)s3)cnc2N)c1. The number of thiazole rings is 1. The number of methoxy groups -OCH3 is 1. The van der Waals surface area contributed by atoms with Gasteiger partial charge in [-0.05, 0) is 70.6 Å². The third-order valence-corrected chi connectivity index (χ3v) is 7.31. The topological polar surface area (TPSA) is 73.5 Å². The third kappa shape index (κ3) is 6.15. The average Bonchev–Trinajstić information content (AvgIpc) is 3.33. The Labute approximate surface area is 206 Å². The minimum absolute atomic E-state index is 0.376. The number of likely N-dealkylation sites (tertiary alicyclic amines) is 1.